The first-order valence-electron chi connectivity index (χ1n) is 5.90. The lowest BCUT2D eigenvalue weighted by atomic mass is 10.1. The van der Waals surface area contributed by atoms with E-state index in [1.54, 1.807) is 0 Å². The molecule has 1 N–H and O–H groups in total. The molecule has 1 aromatic carbocycles. The molecule has 1 saturated heterocycles. The van der Waals surface area contributed by atoms with Crippen molar-refractivity contribution in [1.82, 2.24) is 10.2 Å². The third-order valence-corrected chi connectivity index (χ3v) is 3.15. The summed E-state index contributed by atoms with van der Waals surface area (Å²) in [7, 11) is 2.15. The van der Waals surface area contributed by atoms with Gasteiger partial charge in [0.25, 0.3) is 0 Å². The zero-order valence-corrected chi connectivity index (χ0v) is 9.75. The molecule has 0 saturated carbocycles. The normalized spacial score (nSPS) is 21.5. The molecule has 0 amide bonds. The van der Waals surface area contributed by atoms with Gasteiger partial charge in [0.05, 0.1) is 0 Å². The maximum Gasteiger partial charge on any atom is 0.123 e. The second-order valence-corrected chi connectivity index (χ2v) is 4.58. The largest absolute Gasteiger partial charge is 0.312 e. The van der Waals surface area contributed by atoms with E-state index in [0.717, 1.165) is 19.5 Å². The third-order valence-electron chi connectivity index (χ3n) is 3.15. The fourth-order valence-corrected chi connectivity index (χ4v) is 2.17. The van der Waals surface area contributed by atoms with E-state index in [4.69, 9.17) is 0 Å². The molecule has 0 bridgehead atoms. The fourth-order valence-electron chi connectivity index (χ4n) is 2.17. The number of hydrogen-bond donors (Lipinski definition) is 1. The van der Waals surface area contributed by atoms with Crippen LogP contribution >= 0.6 is 0 Å². The molecule has 3 heteroatoms. The molecule has 0 spiro atoms. The Balaban J connectivity index is 1.70. The first kappa shape index (κ1) is 11.6. The lowest BCUT2D eigenvalue weighted by Crippen LogP contribution is -2.32. The molecule has 0 aliphatic carbocycles. The Morgan fingerprint density at radius 1 is 1.38 bits per heavy atom. The lowest BCUT2D eigenvalue weighted by Gasteiger charge is -2.12. The molecule has 88 valence electrons. The topological polar surface area (TPSA) is 15.3 Å². The predicted molar refractivity (Wildman–Crippen MR) is 64.0 cm³/mol. The van der Waals surface area contributed by atoms with Crippen LogP contribution in [-0.2, 0) is 6.42 Å². The number of nitrogens with zero attached hydrogens (tertiary/aromatic N) is 1. The van der Waals surface area contributed by atoms with E-state index in [2.05, 4.69) is 17.3 Å². The van der Waals surface area contributed by atoms with Gasteiger partial charge in [-0.25, -0.2) is 4.39 Å². The van der Waals surface area contributed by atoms with Crippen LogP contribution in [0.15, 0.2) is 24.3 Å². The number of halogens is 1. The van der Waals surface area contributed by atoms with E-state index in [-0.39, 0.29) is 5.82 Å². The average molecular weight is 222 g/mol. The second kappa shape index (κ2) is 5.41. The van der Waals surface area contributed by atoms with Gasteiger partial charge in [0.2, 0.25) is 0 Å². The standard InChI is InChI=1S/C13H19FN2/c1-16-9-7-13(10-16)15-8-6-11-2-4-12(14)5-3-11/h2-5,13,15H,6-10H2,1H3. The van der Waals surface area contributed by atoms with Crippen molar-refractivity contribution in [3.8, 4) is 0 Å². The summed E-state index contributed by atoms with van der Waals surface area (Å²) in [5.41, 5.74) is 1.19. The summed E-state index contributed by atoms with van der Waals surface area (Å²) < 4.78 is 12.7. The maximum absolute atomic E-state index is 12.7. The third kappa shape index (κ3) is 3.29. The SMILES string of the molecule is CN1CCC(NCCc2ccc(F)cc2)C1. The molecule has 2 rings (SSSR count). The van der Waals surface area contributed by atoms with Crippen LogP contribution < -0.4 is 5.32 Å². The zero-order chi connectivity index (χ0) is 11.4. The van der Waals surface area contributed by atoms with Crippen LogP contribution in [0.1, 0.15) is 12.0 Å². The Labute approximate surface area is 96.5 Å². The van der Waals surface area contributed by atoms with Crippen LogP contribution in [0.2, 0.25) is 0 Å². The molecule has 0 radical (unpaired) electrons. The average Bonchev–Trinajstić information content (AvgIpc) is 2.67. The summed E-state index contributed by atoms with van der Waals surface area (Å²) in [5.74, 6) is -0.158. The van der Waals surface area contributed by atoms with Crippen molar-refractivity contribution >= 4 is 0 Å². The van der Waals surface area contributed by atoms with Gasteiger partial charge < -0.3 is 10.2 Å². The van der Waals surface area contributed by atoms with Gasteiger partial charge in [0.15, 0.2) is 0 Å². The number of benzene rings is 1. The molecule has 1 unspecified atom stereocenters. The van der Waals surface area contributed by atoms with Crippen molar-refractivity contribution < 1.29 is 4.39 Å². The van der Waals surface area contributed by atoms with Gasteiger partial charge in [-0.05, 0) is 50.7 Å². The first-order chi connectivity index (χ1) is 7.74. The smallest absolute Gasteiger partial charge is 0.123 e. The number of likely N-dealkylation sites (N-methyl/N-ethyl adjacent to an activating group) is 1. The molecule has 1 fully saturated rings. The highest BCUT2D eigenvalue weighted by Gasteiger charge is 2.17. The minimum absolute atomic E-state index is 0.158. The summed E-state index contributed by atoms with van der Waals surface area (Å²) >= 11 is 0. The number of nitrogens with one attached hydrogen (secondary N) is 1. The van der Waals surface area contributed by atoms with E-state index in [9.17, 15) is 4.39 Å². The predicted octanol–water partition coefficient (Wildman–Crippen LogP) is 1.66. The van der Waals surface area contributed by atoms with Gasteiger partial charge in [-0.15, -0.1) is 0 Å². The number of rotatable bonds is 4. The van der Waals surface area contributed by atoms with E-state index in [1.807, 2.05) is 12.1 Å². The van der Waals surface area contributed by atoms with Crippen molar-refractivity contribution in [3.63, 3.8) is 0 Å². The van der Waals surface area contributed by atoms with Gasteiger partial charge in [-0.1, -0.05) is 12.1 Å². The molecule has 1 aliphatic rings. The minimum Gasteiger partial charge on any atom is -0.312 e. The van der Waals surface area contributed by atoms with E-state index >= 15 is 0 Å². The van der Waals surface area contributed by atoms with Crippen molar-refractivity contribution in [2.45, 2.75) is 18.9 Å². The van der Waals surface area contributed by atoms with Gasteiger partial charge in [0.1, 0.15) is 5.82 Å². The van der Waals surface area contributed by atoms with Gasteiger partial charge in [0, 0.05) is 12.6 Å². The van der Waals surface area contributed by atoms with Gasteiger partial charge in [-0.3, -0.25) is 0 Å². The van der Waals surface area contributed by atoms with Crippen LogP contribution in [0.4, 0.5) is 4.39 Å². The fraction of sp³-hybridized carbons (Fsp3) is 0.538. The molecular weight excluding hydrogens is 203 g/mol. The van der Waals surface area contributed by atoms with Crippen LogP contribution in [-0.4, -0.2) is 37.6 Å². The van der Waals surface area contributed by atoms with Crippen molar-refractivity contribution in [2.24, 2.45) is 0 Å². The minimum atomic E-state index is -0.158. The molecule has 2 nitrogen and oxygen atoms in total. The Kier molecular flexibility index (Phi) is 3.91. The Morgan fingerprint density at radius 2 is 2.12 bits per heavy atom. The second-order valence-electron chi connectivity index (χ2n) is 4.58. The summed E-state index contributed by atoms with van der Waals surface area (Å²) in [6, 6.07) is 7.40. The van der Waals surface area contributed by atoms with Crippen LogP contribution in [0.25, 0.3) is 0 Å². The molecule has 1 heterocycles. The van der Waals surface area contributed by atoms with E-state index in [0.29, 0.717) is 6.04 Å². The van der Waals surface area contributed by atoms with Crippen molar-refractivity contribution in [1.29, 1.82) is 0 Å². The van der Waals surface area contributed by atoms with E-state index in [1.165, 1.54) is 30.7 Å². The Hall–Kier alpha value is -0.930. The number of hydrogen-bond acceptors (Lipinski definition) is 2. The van der Waals surface area contributed by atoms with Crippen LogP contribution in [0.5, 0.6) is 0 Å². The molecule has 1 aliphatic heterocycles. The molecule has 1 aromatic rings. The van der Waals surface area contributed by atoms with E-state index < -0.39 is 0 Å². The van der Waals surface area contributed by atoms with Crippen LogP contribution in [0.3, 0.4) is 0 Å². The Bertz CT molecular complexity index is 323. The molecule has 0 aromatic heterocycles. The van der Waals surface area contributed by atoms with Crippen molar-refractivity contribution in [3.05, 3.63) is 35.6 Å². The number of likely N-dealkylation sites (tertiary alicyclic amines) is 1. The molecule has 1 atom stereocenters. The summed E-state index contributed by atoms with van der Waals surface area (Å²) in [6.45, 7) is 3.31. The Morgan fingerprint density at radius 3 is 2.75 bits per heavy atom. The highest BCUT2D eigenvalue weighted by Crippen LogP contribution is 2.07. The quantitative estimate of drug-likeness (QED) is 0.833. The monoisotopic (exact) mass is 222 g/mol. The van der Waals surface area contributed by atoms with Crippen molar-refractivity contribution in [2.75, 3.05) is 26.7 Å². The van der Waals surface area contributed by atoms with Gasteiger partial charge in [-0.2, -0.15) is 0 Å². The molecule has 16 heavy (non-hydrogen) atoms. The first-order valence-corrected chi connectivity index (χ1v) is 5.90. The zero-order valence-electron chi connectivity index (χ0n) is 9.75. The lowest BCUT2D eigenvalue weighted by molar-refractivity contribution is 0.398. The molecular formula is C13H19FN2. The van der Waals surface area contributed by atoms with Gasteiger partial charge >= 0.3 is 0 Å². The highest BCUT2D eigenvalue weighted by molar-refractivity contribution is 5.16. The van der Waals surface area contributed by atoms with Crippen LogP contribution in [0, 0.1) is 5.82 Å². The summed E-state index contributed by atoms with van der Waals surface area (Å²) in [5, 5.41) is 3.54. The highest BCUT2D eigenvalue weighted by atomic mass is 19.1. The summed E-state index contributed by atoms with van der Waals surface area (Å²) in [6.07, 6.45) is 2.21. The maximum atomic E-state index is 12.7. The summed E-state index contributed by atoms with van der Waals surface area (Å²) in [4.78, 5) is 2.34.